The zero-order valence-corrected chi connectivity index (χ0v) is 6.12. The highest BCUT2D eigenvalue weighted by molar-refractivity contribution is 5.84. The molecule has 0 bridgehead atoms. The van der Waals surface area contributed by atoms with Crippen LogP contribution in [0.2, 0.25) is 0 Å². The third kappa shape index (κ3) is 1.47. The van der Waals surface area contributed by atoms with Crippen molar-refractivity contribution in [1.82, 2.24) is 0 Å². The largest absolute Gasteiger partial charge is 0.387 e. The maximum absolute atomic E-state index is 5.61. The van der Waals surface area contributed by atoms with Crippen LogP contribution < -0.4 is 5.73 Å². The summed E-state index contributed by atoms with van der Waals surface area (Å²) in [7, 11) is 1.72. The molecular formula is C8H12N2. The Morgan fingerprint density at radius 3 is 2.90 bits per heavy atom. The first-order valence-corrected chi connectivity index (χ1v) is 3.40. The maximum Gasteiger partial charge on any atom is 0.101 e. The lowest BCUT2D eigenvalue weighted by atomic mass is 10.0. The first-order chi connectivity index (χ1) is 4.84. The lowest BCUT2D eigenvalue weighted by molar-refractivity contribution is 0.856. The Kier molecular flexibility index (Phi) is 2.26. The second-order valence-corrected chi connectivity index (χ2v) is 2.30. The molecule has 0 aromatic rings. The van der Waals surface area contributed by atoms with Crippen molar-refractivity contribution in [3.63, 3.8) is 0 Å². The van der Waals surface area contributed by atoms with E-state index in [1.165, 1.54) is 0 Å². The van der Waals surface area contributed by atoms with Crippen LogP contribution in [0.3, 0.4) is 0 Å². The summed E-state index contributed by atoms with van der Waals surface area (Å²) in [6.45, 7) is 0. The van der Waals surface area contributed by atoms with Gasteiger partial charge in [0.1, 0.15) is 5.84 Å². The Balaban J connectivity index is 2.59. The van der Waals surface area contributed by atoms with E-state index in [0.29, 0.717) is 5.92 Å². The number of amidine groups is 1. The number of rotatable bonds is 1. The van der Waals surface area contributed by atoms with Crippen LogP contribution in [0.25, 0.3) is 0 Å². The minimum Gasteiger partial charge on any atom is -0.387 e. The number of hydrogen-bond donors (Lipinski definition) is 1. The van der Waals surface area contributed by atoms with E-state index in [1.807, 2.05) is 12.2 Å². The molecule has 1 rings (SSSR count). The molecule has 2 heteroatoms. The molecule has 0 heterocycles. The lowest BCUT2D eigenvalue weighted by Crippen LogP contribution is -2.22. The van der Waals surface area contributed by atoms with Crippen molar-refractivity contribution in [1.29, 1.82) is 0 Å². The van der Waals surface area contributed by atoms with E-state index < -0.39 is 0 Å². The molecule has 0 saturated heterocycles. The van der Waals surface area contributed by atoms with Gasteiger partial charge < -0.3 is 5.73 Å². The Hall–Kier alpha value is -1.05. The minimum atomic E-state index is 0.329. The molecule has 2 nitrogen and oxygen atoms in total. The van der Waals surface area contributed by atoms with Gasteiger partial charge in [-0.1, -0.05) is 24.3 Å². The van der Waals surface area contributed by atoms with Crippen molar-refractivity contribution in [2.24, 2.45) is 16.6 Å². The van der Waals surface area contributed by atoms with Gasteiger partial charge in [-0.2, -0.15) is 0 Å². The van der Waals surface area contributed by atoms with Gasteiger partial charge in [0.05, 0.1) is 0 Å². The summed E-state index contributed by atoms with van der Waals surface area (Å²) < 4.78 is 0. The molecule has 0 aromatic heterocycles. The molecule has 0 aromatic carbocycles. The third-order valence-electron chi connectivity index (χ3n) is 1.62. The topological polar surface area (TPSA) is 38.4 Å². The first-order valence-electron chi connectivity index (χ1n) is 3.40. The lowest BCUT2D eigenvalue weighted by Gasteiger charge is -2.10. The highest BCUT2D eigenvalue weighted by Gasteiger charge is 2.07. The van der Waals surface area contributed by atoms with Crippen LogP contribution >= 0.6 is 0 Å². The highest BCUT2D eigenvalue weighted by Crippen LogP contribution is 2.10. The van der Waals surface area contributed by atoms with Gasteiger partial charge in [0.2, 0.25) is 0 Å². The van der Waals surface area contributed by atoms with Gasteiger partial charge in [-0.3, -0.25) is 4.99 Å². The average molecular weight is 136 g/mol. The van der Waals surface area contributed by atoms with Gasteiger partial charge in [-0.15, -0.1) is 0 Å². The number of nitrogens with two attached hydrogens (primary N) is 1. The van der Waals surface area contributed by atoms with E-state index >= 15 is 0 Å². The summed E-state index contributed by atoms with van der Waals surface area (Å²) in [6.07, 6.45) is 9.19. The van der Waals surface area contributed by atoms with Gasteiger partial charge >= 0.3 is 0 Å². The summed E-state index contributed by atoms with van der Waals surface area (Å²) in [5.74, 6) is 1.05. The van der Waals surface area contributed by atoms with E-state index in [1.54, 1.807) is 7.05 Å². The van der Waals surface area contributed by atoms with Gasteiger partial charge in [0, 0.05) is 13.0 Å². The fraction of sp³-hybridized carbons (Fsp3) is 0.375. The second-order valence-electron chi connectivity index (χ2n) is 2.30. The van der Waals surface area contributed by atoms with E-state index in [2.05, 4.69) is 17.1 Å². The van der Waals surface area contributed by atoms with Crippen LogP contribution in [-0.4, -0.2) is 12.9 Å². The standard InChI is InChI=1S/C8H12N2/c1-10-8(9)7-5-3-2-4-6-7/h2-5,7H,6H2,1H3,(H2,9,10). The van der Waals surface area contributed by atoms with Crippen LogP contribution in [0.4, 0.5) is 0 Å². The van der Waals surface area contributed by atoms with Gasteiger partial charge in [0.25, 0.3) is 0 Å². The molecular weight excluding hydrogens is 124 g/mol. The zero-order chi connectivity index (χ0) is 7.40. The molecule has 1 atom stereocenters. The zero-order valence-electron chi connectivity index (χ0n) is 6.12. The van der Waals surface area contributed by atoms with Gasteiger partial charge in [0.15, 0.2) is 0 Å². The first kappa shape index (κ1) is 7.06. The minimum absolute atomic E-state index is 0.329. The van der Waals surface area contributed by atoms with E-state index in [0.717, 1.165) is 12.3 Å². The van der Waals surface area contributed by atoms with Crippen molar-refractivity contribution in [3.05, 3.63) is 24.3 Å². The van der Waals surface area contributed by atoms with Crippen molar-refractivity contribution >= 4 is 5.84 Å². The van der Waals surface area contributed by atoms with Crippen LogP contribution in [0.15, 0.2) is 29.3 Å². The van der Waals surface area contributed by atoms with E-state index in [-0.39, 0.29) is 0 Å². The van der Waals surface area contributed by atoms with Crippen molar-refractivity contribution < 1.29 is 0 Å². The van der Waals surface area contributed by atoms with Crippen LogP contribution in [0.1, 0.15) is 6.42 Å². The summed E-state index contributed by atoms with van der Waals surface area (Å²) >= 11 is 0. The molecule has 0 aliphatic heterocycles. The van der Waals surface area contributed by atoms with Crippen molar-refractivity contribution in [3.8, 4) is 0 Å². The molecule has 0 saturated carbocycles. The number of nitrogens with zero attached hydrogens (tertiary/aromatic N) is 1. The predicted octanol–water partition coefficient (Wildman–Crippen LogP) is 1.11. The molecule has 0 amide bonds. The average Bonchev–Trinajstić information content (AvgIpc) is 2.05. The number of allylic oxidation sites excluding steroid dienone is 3. The Bertz CT molecular complexity index is 189. The van der Waals surface area contributed by atoms with Crippen molar-refractivity contribution in [2.75, 3.05) is 7.05 Å². The van der Waals surface area contributed by atoms with Crippen LogP contribution in [0.5, 0.6) is 0 Å². The molecule has 1 unspecified atom stereocenters. The van der Waals surface area contributed by atoms with Crippen molar-refractivity contribution in [2.45, 2.75) is 6.42 Å². The van der Waals surface area contributed by atoms with E-state index in [4.69, 9.17) is 5.73 Å². The van der Waals surface area contributed by atoms with Crippen LogP contribution in [-0.2, 0) is 0 Å². The Labute approximate surface area is 61.1 Å². The fourth-order valence-corrected chi connectivity index (χ4v) is 0.966. The summed E-state index contributed by atoms with van der Waals surface area (Å²) in [5, 5.41) is 0. The van der Waals surface area contributed by atoms with Crippen LogP contribution in [0, 0.1) is 5.92 Å². The molecule has 1 aliphatic carbocycles. The highest BCUT2D eigenvalue weighted by atomic mass is 14.8. The second kappa shape index (κ2) is 3.20. The summed E-state index contributed by atoms with van der Waals surface area (Å²) in [5.41, 5.74) is 5.61. The number of aliphatic imine (C=N–C) groups is 1. The normalized spacial score (nSPS) is 25.3. The fourth-order valence-electron chi connectivity index (χ4n) is 0.966. The molecule has 1 aliphatic rings. The van der Waals surface area contributed by atoms with Gasteiger partial charge in [-0.05, 0) is 6.42 Å². The molecule has 10 heavy (non-hydrogen) atoms. The number of hydrogen-bond acceptors (Lipinski definition) is 1. The summed E-state index contributed by atoms with van der Waals surface area (Å²) in [4.78, 5) is 3.92. The predicted molar refractivity (Wildman–Crippen MR) is 43.9 cm³/mol. The maximum atomic E-state index is 5.61. The SMILES string of the molecule is CN=C(N)C1C=CC=CC1. The molecule has 0 spiro atoms. The molecule has 54 valence electrons. The third-order valence-corrected chi connectivity index (χ3v) is 1.62. The Morgan fingerprint density at radius 2 is 2.40 bits per heavy atom. The van der Waals surface area contributed by atoms with Gasteiger partial charge in [-0.25, -0.2) is 0 Å². The molecule has 0 fully saturated rings. The molecule has 2 N–H and O–H groups in total. The Morgan fingerprint density at radius 1 is 1.60 bits per heavy atom. The summed E-state index contributed by atoms with van der Waals surface area (Å²) in [6, 6.07) is 0. The quantitative estimate of drug-likeness (QED) is 0.425. The molecule has 0 radical (unpaired) electrons. The smallest absolute Gasteiger partial charge is 0.101 e. The monoisotopic (exact) mass is 136 g/mol. The van der Waals surface area contributed by atoms with E-state index in [9.17, 15) is 0 Å².